The van der Waals surface area contributed by atoms with Crippen LogP contribution in [0.5, 0.6) is 0 Å². The van der Waals surface area contributed by atoms with Gasteiger partial charge in [-0.15, -0.1) is 0 Å². The van der Waals surface area contributed by atoms with E-state index in [4.69, 9.17) is 0 Å². The van der Waals surface area contributed by atoms with Gasteiger partial charge in [0.2, 0.25) is 5.69 Å². The number of halogens is 1. The maximum Gasteiger partial charge on any atom is 0.208 e. The molecule has 4 N–H and O–H groups in total. The van der Waals surface area contributed by atoms with Gasteiger partial charge in [-0.2, -0.15) is 4.57 Å². The van der Waals surface area contributed by atoms with Crippen molar-refractivity contribution in [2.45, 2.75) is 204 Å². The van der Waals surface area contributed by atoms with Gasteiger partial charge in [0.15, 0.2) is 12.7 Å². The second-order valence-corrected chi connectivity index (χ2v) is 14.8. The van der Waals surface area contributed by atoms with Crippen molar-refractivity contribution in [2.75, 3.05) is 0 Å². The molecule has 4 rings (SSSR count). The Labute approximate surface area is 282 Å². The Hall–Kier alpha value is -0.980. The zero-order valence-electron chi connectivity index (χ0n) is 29.0. The first-order valence-corrected chi connectivity index (χ1v) is 19.1. The molecule has 0 bridgehead atoms. The largest absolute Gasteiger partial charge is 1.00 e. The predicted octanol–water partition coefficient (Wildman–Crippen LogP) is 4.72. The average molecular weight is 646 g/mol. The average Bonchev–Trinajstić information content (AvgIpc) is 3.49. The number of nitrogens with zero attached hydrogens (tertiary/aromatic N) is 1. The molecule has 0 saturated carbocycles. The minimum Gasteiger partial charge on any atom is -1.00 e. The highest BCUT2D eigenvalue weighted by molar-refractivity contribution is 5.48. The summed E-state index contributed by atoms with van der Waals surface area (Å²) in [5.41, 5.74) is 4.57. The molecule has 0 amide bonds. The van der Waals surface area contributed by atoms with Crippen LogP contribution in [0.3, 0.4) is 0 Å². The molecule has 2 saturated heterocycles. The molecule has 6 atom stereocenters. The summed E-state index contributed by atoms with van der Waals surface area (Å²) in [7, 11) is 0. The molecule has 3 aliphatic heterocycles. The van der Waals surface area contributed by atoms with Crippen molar-refractivity contribution in [3.05, 3.63) is 35.2 Å². The third-order valence-corrected chi connectivity index (χ3v) is 10.9. The van der Waals surface area contributed by atoms with Gasteiger partial charge in [-0.25, -0.2) is 0 Å². The molecule has 3 aliphatic rings. The normalized spacial score (nSPS) is 26.1. The first-order valence-electron chi connectivity index (χ1n) is 19.1. The molecule has 1 aromatic heterocycles. The molecule has 45 heavy (non-hydrogen) atoms. The molecule has 0 radical (unpaired) electrons. The fourth-order valence-electron chi connectivity index (χ4n) is 7.96. The Balaban J connectivity index is 0.00000552. The highest BCUT2D eigenvalue weighted by Gasteiger charge is 2.25. The van der Waals surface area contributed by atoms with E-state index in [1.165, 1.54) is 128 Å². The Morgan fingerprint density at radius 2 is 1.11 bits per heavy atom. The van der Waals surface area contributed by atoms with Crippen LogP contribution in [0.1, 0.15) is 166 Å². The van der Waals surface area contributed by atoms with Crippen LogP contribution >= 0.6 is 0 Å². The van der Waals surface area contributed by atoms with E-state index < -0.39 is 0 Å². The van der Waals surface area contributed by atoms with E-state index in [9.17, 15) is 10.2 Å². The lowest BCUT2D eigenvalue weighted by Gasteiger charge is -2.32. The van der Waals surface area contributed by atoms with Gasteiger partial charge in [-0.1, -0.05) is 83.5 Å². The van der Waals surface area contributed by atoms with E-state index in [0.29, 0.717) is 12.1 Å². The number of unbranched alkanes of at least 4 members (excludes halogenated alkanes) is 13. The number of nitrogens with one attached hydrogen (secondary N) is 2. The van der Waals surface area contributed by atoms with E-state index in [1.807, 2.05) is 0 Å². The Morgan fingerprint density at radius 1 is 0.644 bits per heavy atom. The number of aromatic nitrogens is 1. The Bertz CT molecular complexity index is 972. The van der Waals surface area contributed by atoms with Gasteiger partial charge in [0.1, 0.15) is 0 Å². The van der Waals surface area contributed by atoms with E-state index in [1.54, 1.807) is 11.1 Å². The molecule has 0 unspecified atom stereocenters. The maximum atomic E-state index is 9.88. The van der Waals surface area contributed by atoms with Gasteiger partial charge in [-0.05, 0) is 90.2 Å². The topological polar surface area (TPSA) is 68.4 Å². The summed E-state index contributed by atoms with van der Waals surface area (Å²) in [6, 6.07) is 4.30. The van der Waals surface area contributed by atoms with E-state index >= 15 is 0 Å². The second-order valence-electron chi connectivity index (χ2n) is 14.8. The molecule has 1 aromatic rings. The molecular weight excluding hydrogens is 578 g/mol. The molecule has 0 aromatic carbocycles. The molecule has 0 aliphatic carbocycles. The van der Waals surface area contributed by atoms with Gasteiger partial charge in [-0.3, -0.25) is 0 Å². The lowest BCUT2D eigenvalue weighted by atomic mass is 9.93. The smallest absolute Gasteiger partial charge is 0.208 e. The van der Waals surface area contributed by atoms with Crippen LogP contribution in [-0.4, -0.2) is 46.6 Å². The number of aliphatic hydroxyl groups is 2. The number of hydrogen-bond acceptors (Lipinski definition) is 4. The van der Waals surface area contributed by atoms with E-state index in [2.05, 4.69) is 53.5 Å². The van der Waals surface area contributed by atoms with Crippen LogP contribution in [0.15, 0.2) is 18.3 Å². The number of allylic oxidation sites excluding steroid dienone is 1. The van der Waals surface area contributed by atoms with Crippen molar-refractivity contribution in [1.82, 2.24) is 10.6 Å². The van der Waals surface area contributed by atoms with Crippen LogP contribution in [0.2, 0.25) is 0 Å². The van der Waals surface area contributed by atoms with Crippen molar-refractivity contribution in [3.8, 4) is 0 Å². The fourth-order valence-corrected chi connectivity index (χ4v) is 7.96. The monoisotopic (exact) mass is 646 g/mol. The summed E-state index contributed by atoms with van der Waals surface area (Å²) >= 11 is 0. The molecule has 0 spiro atoms. The number of rotatable bonds is 21. The molecule has 5 nitrogen and oxygen atoms in total. The lowest BCUT2D eigenvalue weighted by molar-refractivity contribution is -0.685. The van der Waals surface area contributed by atoms with Crippen LogP contribution in [0.4, 0.5) is 0 Å². The Kier molecular flexibility index (Phi) is 18.6. The highest BCUT2D eigenvalue weighted by Crippen LogP contribution is 2.22. The third kappa shape index (κ3) is 14.0. The summed E-state index contributed by atoms with van der Waals surface area (Å²) in [5.74, 6) is 0. The predicted molar refractivity (Wildman–Crippen MR) is 185 cm³/mol. The van der Waals surface area contributed by atoms with Gasteiger partial charge in [0, 0.05) is 41.4 Å². The van der Waals surface area contributed by atoms with E-state index in [-0.39, 0.29) is 36.7 Å². The second kappa shape index (κ2) is 21.8. The minimum absolute atomic E-state index is 0. The number of hydrogen-bond donors (Lipinski definition) is 4. The Morgan fingerprint density at radius 3 is 1.62 bits per heavy atom. The fraction of sp³-hybridized carbons (Fsp3) is 0.821. The zero-order valence-corrected chi connectivity index (χ0v) is 29.7. The van der Waals surface area contributed by atoms with Crippen LogP contribution < -0.4 is 27.6 Å². The van der Waals surface area contributed by atoms with Crippen molar-refractivity contribution in [1.29, 1.82) is 0 Å². The quantitative estimate of drug-likeness (QED) is 0.115. The summed E-state index contributed by atoms with van der Waals surface area (Å²) in [6.07, 6.45) is 36.4. The number of aliphatic hydroxyl groups excluding tert-OH is 2. The molecule has 258 valence electrons. The number of aryl methyl sites for hydroxylation is 2. The van der Waals surface area contributed by atoms with Crippen LogP contribution in [0, 0.1) is 0 Å². The summed E-state index contributed by atoms with van der Waals surface area (Å²) < 4.78 is 2.49. The summed E-state index contributed by atoms with van der Waals surface area (Å²) in [6.45, 7) is 5.28. The molecule has 6 heteroatoms. The lowest BCUT2D eigenvalue weighted by Crippen LogP contribution is -3.00. The van der Waals surface area contributed by atoms with Gasteiger partial charge >= 0.3 is 0 Å². The zero-order chi connectivity index (χ0) is 31.0. The number of pyridine rings is 1. The molecular formula is C39H68ClN3O2. The number of fused-ring (bicyclic) bond motifs is 1. The first kappa shape index (κ1) is 38.5. The maximum absolute atomic E-state index is 9.88. The standard InChI is InChI=1S/C39H68N3O2.ClH/c1-31-38(43)26-24-35(40-31)21-16-12-8-4-3-7-11-15-20-34-29-33(30-42-28-18-23-37(34)42)19-14-10-6-5-9-13-17-22-36-25-27-39(44)32(2)41-36;/h18,23,29-32,35-36,38-41,43-44H,3-17,19-22,24-28H2,1-2H3;1H/q+1;/p-1/t31-,32-,35+,36+,38-,39-;/m0./s1. The van der Waals surface area contributed by atoms with Gasteiger partial charge in [0.25, 0.3) is 0 Å². The van der Waals surface area contributed by atoms with Gasteiger partial charge < -0.3 is 33.3 Å². The van der Waals surface area contributed by atoms with Crippen molar-refractivity contribution < 1.29 is 27.2 Å². The first-order chi connectivity index (χ1) is 21.5. The molecule has 4 heterocycles. The van der Waals surface area contributed by atoms with E-state index in [0.717, 1.165) is 32.2 Å². The molecule has 2 fully saturated rings. The third-order valence-electron chi connectivity index (χ3n) is 10.9. The number of piperidine rings is 2. The van der Waals surface area contributed by atoms with Crippen molar-refractivity contribution in [3.63, 3.8) is 0 Å². The van der Waals surface area contributed by atoms with Crippen LogP contribution in [0.25, 0.3) is 6.08 Å². The summed E-state index contributed by atoms with van der Waals surface area (Å²) in [5, 5.41) is 27.0. The minimum atomic E-state index is -0.150. The SMILES string of the molecule is C[C@@H]1N[C@H](CCCCCCCCCCc2cc(CCCCCCCCC[C@@H]3CC[C@H](O)[C@H](C)N3)c[n+]3c2C=CC3)CC[C@@H]1O.[Cl-]. The highest BCUT2D eigenvalue weighted by atomic mass is 35.5. The van der Waals surface area contributed by atoms with Crippen LogP contribution in [-0.2, 0) is 19.4 Å². The summed E-state index contributed by atoms with van der Waals surface area (Å²) in [4.78, 5) is 0. The van der Waals surface area contributed by atoms with Crippen molar-refractivity contribution >= 4 is 6.08 Å². The van der Waals surface area contributed by atoms with Crippen molar-refractivity contribution in [2.24, 2.45) is 0 Å². The van der Waals surface area contributed by atoms with Gasteiger partial charge in [0.05, 0.1) is 12.2 Å².